The number of anilines is 1. The molecule has 0 radical (unpaired) electrons. The quantitative estimate of drug-likeness (QED) is 0.852. The third kappa shape index (κ3) is 3.43. The molecule has 7 heteroatoms. The Bertz CT molecular complexity index is 532. The number of hydrogen-bond acceptors (Lipinski definition) is 4. The van der Waals surface area contributed by atoms with Crippen molar-refractivity contribution in [2.75, 3.05) is 24.4 Å². The van der Waals surface area contributed by atoms with Gasteiger partial charge in [0.2, 0.25) is 0 Å². The molecule has 0 saturated carbocycles. The monoisotopic (exact) mass is 284 g/mol. The number of nitrogens with one attached hydrogen (secondary N) is 1. The Morgan fingerprint density at radius 3 is 3.05 bits per heavy atom. The molecule has 1 fully saturated rings. The van der Waals surface area contributed by atoms with Crippen LogP contribution in [0.5, 0.6) is 0 Å². The maximum atomic E-state index is 12.3. The summed E-state index contributed by atoms with van der Waals surface area (Å²) in [4.78, 5) is 3.95. The summed E-state index contributed by atoms with van der Waals surface area (Å²) >= 11 is 0. The van der Waals surface area contributed by atoms with Crippen molar-refractivity contribution < 1.29 is 8.42 Å². The van der Waals surface area contributed by atoms with E-state index in [2.05, 4.69) is 9.71 Å². The van der Waals surface area contributed by atoms with E-state index < -0.39 is 10.2 Å². The van der Waals surface area contributed by atoms with E-state index in [1.807, 2.05) is 6.92 Å². The van der Waals surface area contributed by atoms with E-state index in [9.17, 15) is 8.42 Å². The zero-order valence-electron chi connectivity index (χ0n) is 11.0. The van der Waals surface area contributed by atoms with Crippen LogP contribution in [0.25, 0.3) is 0 Å². The van der Waals surface area contributed by atoms with Gasteiger partial charge in [-0.25, -0.2) is 0 Å². The minimum atomic E-state index is -3.50. The van der Waals surface area contributed by atoms with E-state index in [1.165, 1.54) is 4.31 Å². The maximum Gasteiger partial charge on any atom is 0.301 e. The number of hydrogen-bond donors (Lipinski definition) is 2. The van der Waals surface area contributed by atoms with E-state index in [0.29, 0.717) is 25.3 Å². The summed E-state index contributed by atoms with van der Waals surface area (Å²) in [6.07, 6.45) is 5.06. The lowest BCUT2D eigenvalue weighted by atomic mass is 10.0. The number of aryl methyl sites for hydroxylation is 1. The van der Waals surface area contributed by atoms with E-state index in [0.717, 1.165) is 18.4 Å². The Hall–Kier alpha value is -1.18. The fourth-order valence-corrected chi connectivity index (χ4v) is 3.64. The van der Waals surface area contributed by atoms with Gasteiger partial charge >= 0.3 is 10.2 Å². The zero-order chi connectivity index (χ0) is 13.9. The standard InChI is InChI=1S/C12H20N4O2S/c1-10-8-14-5-4-12(10)15-19(17,18)16-6-2-3-11(7-13)9-16/h4-5,8,11H,2-3,6-7,9,13H2,1H3,(H,14,15). The van der Waals surface area contributed by atoms with Crippen LogP contribution >= 0.6 is 0 Å². The molecule has 19 heavy (non-hydrogen) atoms. The van der Waals surface area contributed by atoms with Crippen molar-refractivity contribution in [3.8, 4) is 0 Å². The topological polar surface area (TPSA) is 88.3 Å². The van der Waals surface area contributed by atoms with Crippen molar-refractivity contribution in [2.45, 2.75) is 19.8 Å². The second kappa shape index (κ2) is 5.85. The predicted octanol–water partition coefficient (Wildman–Crippen LogP) is 0.717. The second-order valence-electron chi connectivity index (χ2n) is 4.90. The van der Waals surface area contributed by atoms with Gasteiger partial charge in [0.15, 0.2) is 0 Å². The summed E-state index contributed by atoms with van der Waals surface area (Å²) < 4.78 is 28.7. The molecule has 2 heterocycles. The van der Waals surface area contributed by atoms with Crippen molar-refractivity contribution in [1.82, 2.24) is 9.29 Å². The van der Waals surface area contributed by atoms with Crippen LogP contribution in [0.2, 0.25) is 0 Å². The summed E-state index contributed by atoms with van der Waals surface area (Å²) in [6.45, 7) is 3.40. The summed E-state index contributed by atoms with van der Waals surface area (Å²) in [7, 11) is -3.50. The van der Waals surface area contributed by atoms with Gasteiger partial charge in [0.1, 0.15) is 0 Å². The van der Waals surface area contributed by atoms with Gasteiger partial charge in [0, 0.05) is 25.5 Å². The Morgan fingerprint density at radius 2 is 2.37 bits per heavy atom. The summed E-state index contributed by atoms with van der Waals surface area (Å²) in [6, 6.07) is 1.66. The molecule has 1 aliphatic rings. The maximum absolute atomic E-state index is 12.3. The Kier molecular flexibility index (Phi) is 4.38. The van der Waals surface area contributed by atoms with Crippen molar-refractivity contribution in [3.63, 3.8) is 0 Å². The normalized spacial score (nSPS) is 21.3. The van der Waals surface area contributed by atoms with Crippen LogP contribution < -0.4 is 10.5 Å². The minimum Gasteiger partial charge on any atom is -0.330 e. The van der Waals surface area contributed by atoms with Gasteiger partial charge in [-0.1, -0.05) is 0 Å². The fourth-order valence-electron chi connectivity index (χ4n) is 2.23. The molecule has 2 rings (SSSR count). The first kappa shape index (κ1) is 14.2. The summed E-state index contributed by atoms with van der Waals surface area (Å²) in [5, 5.41) is 0. The lowest BCUT2D eigenvalue weighted by Gasteiger charge is -2.31. The van der Waals surface area contributed by atoms with Crippen molar-refractivity contribution in [1.29, 1.82) is 0 Å². The minimum absolute atomic E-state index is 0.254. The number of aromatic nitrogens is 1. The Morgan fingerprint density at radius 1 is 1.58 bits per heavy atom. The lowest BCUT2D eigenvalue weighted by Crippen LogP contribution is -2.44. The van der Waals surface area contributed by atoms with Gasteiger partial charge in [-0.15, -0.1) is 0 Å². The highest BCUT2D eigenvalue weighted by Crippen LogP contribution is 2.21. The van der Waals surface area contributed by atoms with Crippen LogP contribution in [0, 0.1) is 12.8 Å². The van der Waals surface area contributed by atoms with Crippen LogP contribution in [0.15, 0.2) is 18.5 Å². The molecule has 1 aliphatic heterocycles. The first-order valence-electron chi connectivity index (χ1n) is 6.41. The Labute approximate surface area is 114 Å². The number of piperidine rings is 1. The van der Waals surface area contributed by atoms with Gasteiger partial charge in [-0.3, -0.25) is 9.71 Å². The molecule has 1 atom stereocenters. The van der Waals surface area contributed by atoms with Crippen LogP contribution in [-0.4, -0.2) is 37.3 Å². The van der Waals surface area contributed by atoms with Crippen LogP contribution in [0.3, 0.4) is 0 Å². The Balaban J connectivity index is 2.12. The molecule has 3 N–H and O–H groups in total. The molecule has 1 saturated heterocycles. The smallest absolute Gasteiger partial charge is 0.301 e. The third-order valence-electron chi connectivity index (χ3n) is 3.41. The molecule has 0 bridgehead atoms. The molecule has 1 unspecified atom stereocenters. The first-order chi connectivity index (χ1) is 9.03. The molecule has 0 aliphatic carbocycles. The van der Waals surface area contributed by atoms with Gasteiger partial charge in [-0.2, -0.15) is 12.7 Å². The van der Waals surface area contributed by atoms with E-state index in [4.69, 9.17) is 5.73 Å². The van der Waals surface area contributed by atoms with E-state index in [-0.39, 0.29) is 5.92 Å². The number of pyridine rings is 1. The van der Waals surface area contributed by atoms with Gasteiger partial charge < -0.3 is 5.73 Å². The fraction of sp³-hybridized carbons (Fsp3) is 0.583. The van der Waals surface area contributed by atoms with E-state index in [1.54, 1.807) is 18.5 Å². The van der Waals surface area contributed by atoms with Crippen LogP contribution in [0.1, 0.15) is 18.4 Å². The average molecular weight is 284 g/mol. The summed E-state index contributed by atoms with van der Waals surface area (Å²) in [5.41, 5.74) is 7.01. The molecule has 1 aromatic rings. The van der Waals surface area contributed by atoms with Crippen molar-refractivity contribution in [3.05, 3.63) is 24.0 Å². The van der Waals surface area contributed by atoms with Crippen LogP contribution in [0.4, 0.5) is 5.69 Å². The van der Waals surface area contributed by atoms with Gasteiger partial charge in [-0.05, 0) is 43.9 Å². The largest absolute Gasteiger partial charge is 0.330 e. The predicted molar refractivity (Wildman–Crippen MR) is 74.9 cm³/mol. The molecule has 0 spiro atoms. The van der Waals surface area contributed by atoms with Gasteiger partial charge in [0.25, 0.3) is 0 Å². The first-order valence-corrected chi connectivity index (χ1v) is 7.85. The van der Waals surface area contributed by atoms with E-state index >= 15 is 0 Å². The highest BCUT2D eigenvalue weighted by molar-refractivity contribution is 7.90. The van der Waals surface area contributed by atoms with Crippen molar-refractivity contribution in [2.24, 2.45) is 11.7 Å². The highest BCUT2D eigenvalue weighted by atomic mass is 32.2. The average Bonchev–Trinajstić information content (AvgIpc) is 2.41. The molecular weight excluding hydrogens is 264 g/mol. The lowest BCUT2D eigenvalue weighted by molar-refractivity contribution is 0.273. The SMILES string of the molecule is Cc1cnccc1NS(=O)(=O)N1CCCC(CN)C1. The molecule has 106 valence electrons. The van der Waals surface area contributed by atoms with Gasteiger partial charge in [0.05, 0.1) is 5.69 Å². The number of nitrogens with zero attached hydrogens (tertiary/aromatic N) is 2. The zero-order valence-corrected chi connectivity index (χ0v) is 11.9. The number of rotatable bonds is 4. The molecule has 1 aromatic heterocycles. The summed E-state index contributed by atoms with van der Waals surface area (Å²) in [5.74, 6) is 0.254. The molecule has 6 nitrogen and oxygen atoms in total. The third-order valence-corrected chi connectivity index (χ3v) is 4.90. The van der Waals surface area contributed by atoms with Crippen molar-refractivity contribution >= 4 is 15.9 Å². The highest BCUT2D eigenvalue weighted by Gasteiger charge is 2.28. The second-order valence-corrected chi connectivity index (χ2v) is 6.57. The number of nitrogens with two attached hydrogens (primary N) is 1. The van der Waals surface area contributed by atoms with Crippen LogP contribution in [-0.2, 0) is 10.2 Å². The molecule has 0 aromatic carbocycles. The molecular formula is C12H20N4O2S. The molecule has 0 amide bonds.